The van der Waals surface area contributed by atoms with Crippen molar-refractivity contribution in [3.63, 3.8) is 0 Å². The van der Waals surface area contributed by atoms with E-state index < -0.39 is 11.2 Å². The van der Waals surface area contributed by atoms with Gasteiger partial charge >= 0.3 is 0 Å². The number of aryl methyl sites for hydroxylation is 1. The molecule has 2 N–H and O–H groups in total. The third kappa shape index (κ3) is 4.61. The molecule has 1 fully saturated rings. The van der Waals surface area contributed by atoms with Crippen molar-refractivity contribution in [3.8, 4) is 11.8 Å². The normalized spacial score (nSPS) is 20.7. The van der Waals surface area contributed by atoms with Crippen LogP contribution in [0, 0.1) is 18.8 Å². The van der Waals surface area contributed by atoms with E-state index in [0.29, 0.717) is 58.5 Å². The molecule has 2 atom stereocenters. The molecule has 9 nitrogen and oxygen atoms in total. The van der Waals surface area contributed by atoms with E-state index in [9.17, 15) is 9.35 Å². The topological polar surface area (TPSA) is 117 Å². The fourth-order valence-corrected chi connectivity index (χ4v) is 7.01. The van der Waals surface area contributed by atoms with Gasteiger partial charge in [0.05, 0.1) is 24.5 Å². The van der Waals surface area contributed by atoms with Gasteiger partial charge in [-0.15, -0.1) is 5.92 Å². The zero-order valence-electron chi connectivity index (χ0n) is 22.2. The first-order chi connectivity index (χ1) is 19.0. The van der Waals surface area contributed by atoms with Crippen molar-refractivity contribution in [1.82, 2.24) is 19.3 Å². The number of para-hydroxylation sites is 1. The number of fused-ring (bicyclic) bond motifs is 2. The van der Waals surface area contributed by atoms with Crippen LogP contribution in [0.15, 0.2) is 61.6 Å². The van der Waals surface area contributed by atoms with Gasteiger partial charge in [0, 0.05) is 42.3 Å². The summed E-state index contributed by atoms with van der Waals surface area (Å²) in [6.45, 7) is 5.66. The SMILES string of the molecule is CC#CCn1c(N2CCCC(N)C2)nc2c(C)nn(CC3=Nc4ccccc4[S+]([O-])C4=C3C=CCC4)c(=O)c21. The first kappa shape index (κ1) is 25.6. The summed E-state index contributed by atoms with van der Waals surface area (Å²) in [7, 11) is 0. The molecule has 0 amide bonds. The summed E-state index contributed by atoms with van der Waals surface area (Å²) < 4.78 is 16.9. The average Bonchev–Trinajstić information content (AvgIpc) is 3.29. The number of aromatic nitrogens is 4. The lowest BCUT2D eigenvalue weighted by molar-refractivity contribution is 0.496. The second-order valence-electron chi connectivity index (χ2n) is 10.1. The number of nitrogens with two attached hydrogens (primary N) is 1. The molecule has 39 heavy (non-hydrogen) atoms. The first-order valence-corrected chi connectivity index (χ1v) is 14.5. The summed E-state index contributed by atoms with van der Waals surface area (Å²) in [6, 6.07) is 7.57. The predicted molar refractivity (Wildman–Crippen MR) is 155 cm³/mol. The maximum atomic E-state index is 14.1. The standard InChI is InChI=1S/C29H31N7O2S/c1-3-4-16-35-27-26(32-29(35)34-15-9-10-20(30)17-34)19(2)33-36(28(27)37)18-23-21-11-5-7-13-24(21)39(38)25-14-8-6-12-22(25)31-23/h5-6,8,11-12,14,20H,7,9-10,13,15-18,30H2,1-2H3. The van der Waals surface area contributed by atoms with E-state index in [2.05, 4.69) is 27.9 Å². The third-order valence-electron chi connectivity index (χ3n) is 7.43. The number of imidazole rings is 1. The Labute approximate surface area is 230 Å². The number of aliphatic imine (C=N–C) groups is 1. The van der Waals surface area contributed by atoms with E-state index in [1.807, 2.05) is 41.8 Å². The molecule has 2 aliphatic heterocycles. The van der Waals surface area contributed by atoms with Gasteiger partial charge in [0.15, 0.2) is 4.90 Å². The number of hydrogen-bond acceptors (Lipinski definition) is 7. The molecule has 3 aromatic rings. The maximum absolute atomic E-state index is 14.1. The Morgan fingerprint density at radius 2 is 2.13 bits per heavy atom. The quantitative estimate of drug-likeness (QED) is 0.400. The van der Waals surface area contributed by atoms with Crippen molar-refractivity contribution in [1.29, 1.82) is 0 Å². The van der Waals surface area contributed by atoms with Crippen LogP contribution in [0.4, 0.5) is 11.6 Å². The molecule has 1 aliphatic carbocycles. The highest BCUT2D eigenvalue weighted by molar-refractivity contribution is 7.95. The van der Waals surface area contributed by atoms with Crippen LogP contribution in [0.5, 0.6) is 0 Å². The summed E-state index contributed by atoms with van der Waals surface area (Å²) in [6.07, 6.45) is 7.51. The molecule has 2 aromatic heterocycles. The Bertz CT molecular complexity index is 1670. The van der Waals surface area contributed by atoms with Crippen molar-refractivity contribution in [2.24, 2.45) is 10.7 Å². The monoisotopic (exact) mass is 541 g/mol. The molecule has 6 rings (SSSR count). The van der Waals surface area contributed by atoms with Gasteiger partial charge in [0.1, 0.15) is 21.6 Å². The minimum absolute atomic E-state index is 0.0628. The summed E-state index contributed by atoms with van der Waals surface area (Å²) in [4.78, 5) is 27.6. The zero-order valence-corrected chi connectivity index (χ0v) is 23.0. The highest BCUT2D eigenvalue weighted by Gasteiger charge is 2.32. The lowest BCUT2D eigenvalue weighted by atomic mass is 10.0. The highest BCUT2D eigenvalue weighted by Crippen LogP contribution is 2.38. The first-order valence-electron chi connectivity index (χ1n) is 13.3. The molecule has 3 aliphatic rings. The van der Waals surface area contributed by atoms with E-state index in [-0.39, 0.29) is 18.1 Å². The van der Waals surface area contributed by atoms with Crippen LogP contribution in [0.1, 0.15) is 38.3 Å². The van der Waals surface area contributed by atoms with Crippen LogP contribution >= 0.6 is 0 Å². The largest absolute Gasteiger partial charge is 0.607 e. The molecule has 1 aromatic carbocycles. The van der Waals surface area contributed by atoms with Crippen molar-refractivity contribution < 1.29 is 4.55 Å². The van der Waals surface area contributed by atoms with Crippen LogP contribution in [0.3, 0.4) is 0 Å². The highest BCUT2D eigenvalue weighted by atomic mass is 32.2. The molecule has 0 radical (unpaired) electrons. The average molecular weight is 542 g/mol. The summed E-state index contributed by atoms with van der Waals surface area (Å²) >= 11 is -1.31. The van der Waals surface area contributed by atoms with Crippen LogP contribution in [-0.4, -0.2) is 48.7 Å². The van der Waals surface area contributed by atoms with E-state index in [1.165, 1.54) is 4.68 Å². The number of piperidine rings is 1. The number of benzene rings is 1. The molecule has 2 unspecified atom stereocenters. The van der Waals surface area contributed by atoms with Gasteiger partial charge in [0.25, 0.3) is 5.56 Å². The lowest BCUT2D eigenvalue weighted by Crippen LogP contribution is -2.44. The number of allylic oxidation sites excluding steroid dienone is 4. The minimum atomic E-state index is -1.31. The van der Waals surface area contributed by atoms with Gasteiger partial charge in [-0.3, -0.25) is 9.36 Å². The molecule has 0 saturated carbocycles. The molecule has 10 heteroatoms. The van der Waals surface area contributed by atoms with E-state index in [4.69, 9.17) is 15.7 Å². The van der Waals surface area contributed by atoms with Gasteiger partial charge < -0.3 is 15.2 Å². The number of hydrogen-bond donors (Lipinski definition) is 1. The minimum Gasteiger partial charge on any atom is -0.607 e. The lowest BCUT2D eigenvalue weighted by Gasteiger charge is -2.31. The third-order valence-corrected chi connectivity index (χ3v) is 9.05. The second-order valence-corrected chi connectivity index (χ2v) is 11.6. The fraction of sp³-hybridized carbons (Fsp3) is 0.379. The Morgan fingerprint density at radius 3 is 2.95 bits per heavy atom. The Hall–Kier alpha value is -3.65. The Morgan fingerprint density at radius 1 is 1.28 bits per heavy atom. The van der Waals surface area contributed by atoms with E-state index in [0.717, 1.165) is 36.3 Å². The van der Waals surface area contributed by atoms with Crippen molar-refractivity contribution in [2.75, 3.05) is 18.0 Å². The predicted octanol–water partition coefficient (Wildman–Crippen LogP) is 3.35. The van der Waals surface area contributed by atoms with Gasteiger partial charge in [-0.1, -0.05) is 30.2 Å². The van der Waals surface area contributed by atoms with Gasteiger partial charge in [-0.05, 0) is 45.2 Å². The summed E-state index contributed by atoms with van der Waals surface area (Å²) in [5.41, 5.74) is 9.90. The molecule has 200 valence electrons. The summed E-state index contributed by atoms with van der Waals surface area (Å²) in [5, 5.41) is 4.68. The number of nitrogens with zero attached hydrogens (tertiary/aromatic N) is 6. The van der Waals surface area contributed by atoms with Crippen molar-refractivity contribution in [2.45, 2.75) is 63.6 Å². The molecule has 4 heterocycles. The van der Waals surface area contributed by atoms with Crippen molar-refractivity contribution in [3.05, 3.63) is 62.9 Å². The van der Waals surface area contributed by atoms with Crippen LogP contribution in [-0.2, 0) is 24.3 Å². The number of rotatable bonds is 4. The molecule has 1 saturated heterocycles. The Kier molecular flexibility index (Phi) is 6.89. The van der Waals surface area contributed by atoms with E-state index in [1.54, 1.807) is 6.92 Å². The summed E-state index contributed by atoms with van der Waals surface area (Å²) in [5.74, 6) is 6.77. The molecular weight excluding hydrogens is 510 g/mol. The van der Waals surface area contributed by atoms with E-state index >= 15 is 0 Å². The van der Waals surface area contributed by atoms with Crippen LogP contribution < -0.4 is 16.2 Å². The maximum Gasteiger partial charge on any atom is 0.293 e. The number of anilines is 1. The zero-order chi connectivity index (χ0) is 27.1. The van der Waals surface area contributed by atoms with Crippen LogP contribution in [0.2, 0.25) is 0 Å². The smallest absolute Gasteiger partial charge is 0.293 e. The molecular formula is C29H31N7O2S. The van der Waals surface area contributed by atoms with Gasteiger partial charge in [-0.25, -0.2) is 14.7 Å². The molecule has 0 spiro atoms. The second kappa shape index (κ2) is 10.5. The molecule has 0 bridgehead atoms. The fourth-order valence-electron chi connectivity index (χ4n) is 5.55. The Balaban J connectivity index is 1.50. The van der Waals surface area contributed by atoms with Crippen molar-refractivity contribution >= 4 is 39.6 Å². The van der Waals surface area contributed by atoms with Crippen LogP contribution in [0.25, 0.3) is 11.0 Å². The van der Waals surface area contributed by atoms with Gasteiger partial charge in [0.2, 0.25) is 5.95 Å². The van der Waals surface area contributed by atoms with Gasteiger partial charge in [-0.2, -0.15) is 5.10 Å².